The summed E-state index contributed by atoms with van der Waals surface area (Å²) in [5.74, 6) is 0. The lowest BCUT2D eigenvalue weighted by molar-refractivity contribution is 0.0140. The highest BCUT2D eigenvalue weighted by Gasteiger charge is 2.12. The third kappa shape index (κ3) is 2.67. The first-order chi connectivity index (χ1) is 4.93. The Kier molecular flexibility index (Phi) is 3.76. The van der Waals surface area contributed by atoms with E-state index in [-0.39, 0.29) is 6.61 Å². The SMILES string of the molecule is OCCOC1CC[CH]CC1. The molecule has 2 nitrogen and oxygen atoms in total. The number of hydrogen-bond acceptors (Lipinski definition) is 2. The maximum atomic E-state index is 8.46. The average Bonchev–Trinajstić information content (AvgIpc) is 2.03. The lowest BCUT2D eigenvalue weighted by atomic mass is 9.98. The zero-order valence-corrected chi connectivity index (χ0v) is 6.25. The van der Waals surface area contributed by atoms with Crippen molar-refractivity contribution in [2.45, 2.75) is 31.8 Å². The van der Waals surface area contributed by atoms with Crippen LogP contribution in [-0.4, -0.2) is 24.4 Å². The Hall–Kier alpha value is -0.0800. The molecule has 1 saturated carbocycles. The van der Waals surface area contributed by atoms with Gasteiger partial charge in [-0.05, 0) is 32.1 Å². The van der Waals surface area contributed by atoms with E-state index in [0.29, 0.717) is 12.7 Å². The number of aliphatic hydroxyl groups is 1. The van der Waals surface area contributed by atoms with E-state index >= 15 is 0 Å². The third-order valence-corrected chi connectivity index (χ3v) is 1.83. The average molecular weight is 143 g/mol. The molecule has 0 aliphatic heterocycles. The van der Waals surface area contributed by atoms with E-state index in [4.69, 9.17) is 9.84 Å². The maximum absolute atomic E-state index is 8.46. The maximum Gasteiger partial charge on any atom is 0.0701 e. The van der Waals surface area contributed by atoms with E-state index < -0.39 is 0 Å². The molecule has 0 amide bonds. The van der Waals surface area contributed by atoms with E-state index in [9.17, 15) is 0 Å². The third-order valence-electron chi connectivity index (χ3n) is 1.83. The van der Waals surface area contributed by atoms with E-state index in [1.54, 1.807) is 0 Å². The Morgan fingerprint density at radius 1 is 1.40 bits per heavy atom. The van der Waals surface area contributed by atoms with Crippen LogP contribution in [0.2, 0.25) is 0 Å². The summed E-state index contributed by atoms with van der Waals surface area (Å²) in [5.41, 5.74) is 0. The van der Waals surface area contributed by atoms with Crippen molar-refractivity contribution in [1.82, 2.24) is 0 Å². The Balaban J connectivity index is 2.02. The summed E-state index contributed by atoms with van der Waals surface area (Å²) in [6, 6.07) is 0. The van der Waals surface area contributed by atoms with Gasteiger partial charge in [-0.2, -0.15) is 0 Å². The van der Waals surface area contributed by atoms with Crippen LogP contribution in [-0.2, 0) is 4.74 Å². The molecule has 0 saturated heterocycles. The quantitative estimate of drug-likeness (QED) is 0.642. The topological polar surface area (TPSA) is 29.5 Å². The Morgan fingerprint density at radius 3 is 2.70 bits per heavy atom. The van der Waals surface area contributed by atoms with Crippen LogP contribution in [0.3, 0.4) is 0 Å². The summed E-state index contributed by atoms with van der Waals surface area (Å²) in [4.78, 5) is 0. The van der Waals surface area contributed by atoms with Crippen molar-refractivity contribution < 1.29 is 9.84 Å². The fourth-order valence-electron chi connectivity index (χ4n) is 1.28. The van der Waals surface area contributed by atoms with Crippen molar-refractivity contribution in [1.29, 1.82) is 0 Å². The van der Waals surface area contributed by atoms with Gasteiger partial charge in [-0.1, -0.05) is 0 Å². The van der Waals surface area contributed by atoms with Crippen LogP contribution in [0.4, 0.5) is 0 Å². The highest BCUT2D eigenvalue weighted by molar-refractivity contribution is 4.76. The lowest BCUT2D eigenvalue weighted by Gasteiger charge is -2.21. The first kappa shape index (κ1) is 8.02. The van der Waals surface area contributed by atoms with Crippen molar-refractivity contribution in [2.24, 2.45) is 0 Å². The molecule has 1 radical (unpaired) electrons. The summed E-state index contributed by atoms with van der Waals surface area (Å²) in [7, 11) is 0. The Labute approximate surface area is 62.2 Å². The first-order valence-corrected chi connectivity index (χ1v) is 3.97. The van der Waals surface area contributed by atoms with Crippen LogP contribution in [0.5, 0.6) is 0 Å². The molecule has 1 aliphatic carbocycles. The van der Waals surface area contributed by atoms with Gasteiger partial charge in [-0.15, -0.1) is 0 Å². The van der Waals surface area contributed by atoms with Crippen molar-refractivity contribution in [3.63, 3.8) is 0 Å². The predicted octanol–water partition coefficient (Wildman–Crippen LogP) is 1.14. The first-order valence-electron chi connectivity index (χ1n) is 3.97. The molecule has 0 aromatic rings. The Bertz CT molecular complexity index is 77.3. The van der Waals surface area contributed by atoms with Gasteiger partial charge in [0.25, 0.3) is 0 Å². The summed E-state index contributed by atoms with van der Waals surface area (Å²) >= 11 is 0. The highest BCUT2D eigenvalue weighted by Crippen LogP contribution is 2.18. The molecule has 0 spiro atoms. The van der Waals surface area contributed by atoms with Gasteiger partial charge in [0.2, 0.25) is 0 Å². The van der Waals surface area contributed by atoms with Crippen LogP contribution in [0.25, 0.3) is 0 Å². The zero-order chi connectivity index (χ0) is 7.23. The second-order valence-corrected chi connectivity index (χ2v) is 2.66. The van der Waals surface area contributed by atoms with E-state index in [1.807, 2.05) is 0 Å². The molecule has 1 N–H and O–H groups in total. The van der Waals surface area contributed by atoms with Gasteiger partial charge in [0.05, 0.1) is 19.3 Å². The smallest absolute Gasteiger partial charge is 0.0701 e. The fraction of sp³-hybridized carbons (Fsp3) is 0.875. The predicted molar refractivity (Wildman–Crippen MR) is 39.6 cm³/mol. The van der Waals surface area contributed by atoms with Crippen LogP contribution >= 0.6 is 0 Å². The molecule has 1 aliphatic rings. The van der Waals surface area contributed by atoms with Crippen molar-refractivity contribution in [2.75, 3.05) is 13.2 Å². The molecule has 0 bridgehead atoms. The number of hydrogen-bond donors (Lipinski definition) is 1. The standard InChI is InChI=1S/C8H15O2/c9-6-7-10-8-4-2-1-3-5-8/h1,8-9H,2-7H2. The lowest BCUT2D eigenvalue weighted by Crippen LogP contribution is -2.18. The van der Waals surface area contributed by atoms with Gasteiger partial charge >= 0.3 is 0 Å². The van der Waals surface area contributed by atoms with Gasteiger partial charge < -0.3 is 9.84 Å². The van der Waals surface area contributed by atoms with Gasteiger partial charge in [-0.25, -0.2) is 0 Å². The van der Waals surface area contributed by atoms with Gasteiger partial charge in [0.15, 0.2) is 0 Å². The van der Waals surface area contributed by atoms with E-state index in [1.165, 1.54) is 12.8 Å². The zero-order valence-electron chi connectivity index (χ0n) is 6.25. The molecule has 1 fully saturated rings. The molecule has 1 rings (SSSR count). The summed E-state index contributed by atoms with van der Waals surface area (Å²) < 4.78 is 5.36. The van der Waals surface area contributed by atoms with Crippen LogP contribution in [0, 0.1) is 6.42 Å². The van der Waals surface area contributed by atoms with Crippen LogP contribution < -0.4 is 0 Å². The number of aliphatic hydroxyl groups excluding tert-OH is 1. The fourth-order valence-corrected chi connectivity index (χ4v) is 1.28. The molecule has 2 heteroatoms. The normalized spacial score (nSPS) is 21.3. The molecular weight excluding hydrogens is 128 g/mol. The minimum Gasteiger partial charge on any atom is -0.394 e. The summed E-state index contributed by atoms with van der Waals surface area (Å²) in [5, 5.41) is 8.46. The second-order valence-electron chi connectivity index (χ2n) is 2.66. The van der Waals surface area contributed by atoms with Crippen molar-refractivity contribution in [3.8, 4) is 0 Å². The van der Waals surface area contributed by atoms with Gasteiger partial charge in [0.1, 0.15) is 0 Å². The van der Waals surface area contributed by atoms with E-state index in [0.717, 1.165) is 12.8 Å². The minimum atomic E-state index is 0.153. The molecule has 59 valence electrons. The largest absolute Gasteiger partial charge is 0.394 e. The molecule has 0 aromatic heterocycles. The Morgan fingerprint density at radius 2 is 2.10 bits per heavy atom. The number of rotatable bonds is 3. The van der Waals surface area contributed by atoms with Crippen LogP contribution in [0.1, 0.15) is 25.7 Å². The van der Waals surface area contributed by atoms with E-state index in [2.05, 4.69) is 6.42 Å². The van der Waals surface area contributed by atoms with Crippen molar-refractivity contribution >= 4 is 0 Å². The van der Waals surface area contributed by atoms with Gasteiger partial charge in [-0.3, -0.25) is 0 Å². The molecule has 0 atom stereocenters. The van der Waals surface area contributed by atoms with Crippen molar-refractivity contribution in [3.05, 3.63) is 6.42 Å². The number of ether oxygens (including phenoxy) is 1. The monoisotopic (exact) mass is 143 g/mol. The second kappa shape index (κ2) is 4.69. The summed E-state index contributed by atoms with van der Waals surface area (Å²) in [6.45, 7) is 0.658. The molecule has 0 aromatic carbocycles. The molecule has 0 heterocycles. The minimum absolute atomic E-state index is 0.153. The molecule has 0 unspecified atom stereocenters. The molecular formula is C8H15O2. The molecule has 10 heavy (non-hydrogen) atoms. The highest BCUT2D eigenvalue weighted by atomic mass is 16.5. The van der Waals surface area contributed by atoms with Crippen LogP contribution in [0.15, 0.2) is 0 Å². The van der Waals surface area contributed by atoms with Gasteiger partial charge in [0, 0.05) is 0 Å². The summed E-state index contributed by atoms with van der Waals surface area (Å²) in [6.07, 6.45) is 7.35.